The molecule has 9 aromatic rings. The zero-order valence-electron chi connectivity index (χ0n) is 37.5. The van der Waals surface area contributed by atoms with Crippen molar-refractivity contribution in [3.8, 4) is 66.8 Å². The molecule has 1 nitrogen and oxygen atoms in total. The van der Waals surface area contributed by atoms with Crippen LogP contribution in [-0.2, 0) is 16.2 Å². The van der Waals surface area contributed by atoms with E-state index in [0.717, 1.165) is 17.1 Å². The lowest BCUT2D eigenvalue weighted by Crippen LogP contribution is -2.19. The molecule has 64 heavy (non-hydrogen) atoms. The predicted molar refractivity (Wildman–Crippen MR) is 270 cm³/mol. The Kier molecular flexibility index (Phi) is 8.35. The van der Waals surface area contributed by atoms with Crippen LogP contribution in [0.3, 0.4) is 0 Å². The lowest BCUT2D eigenvalue weighted by Gasteiger charge is -2.28. The molecule has 0 aliphatic heterocycles. The fourth-order valence-electron chi connectivity index (χ4n) is 11.6. The highest BCUT2D eigenvalue weighted by atomic mass is 15.1. The summed E-state index contributed by atoms with van der Waals surface area (Å²) in [6, 6.07) is 74.9. The van der Waals surface area contributed by atoms with Crippen LogP contribution in [0.5, 0.6) is 0 Å². The van der Waals surface area contributed by atoms with E-state index in [9.17, 15) is 0 Å². The first-order valence-corrected chi connectivity index (χ1v) is 22.8. The Hall–Kier alpha value is -7.22. The van der Waals surface area contributed by atoms with E-state index in [1.54, 1.807) is 0 Å². The molecule has 0 aromatic heterocycles. The van der Waals surface area contributed by atoms with Crippen LogP contribution in [0.2, 0.25) is 0 Å². The first-order valence-electron chi connectivity index (χ1n) is 22.8. The average molecular weight is 822 g/mol. The minimum Gasteiger partial charge on any atom is -0.310 e. The van der Waals surface area contributed by atoms with Crippen LogP contribution in [-0.4, -0.2) is 0 Å². The molecule has 3 aliphatic carbocycles. The Morgan fingerprint density at radius 1 is 0.250 bits per heavy atom. The highest BCUT2D eigenvalue weighted by Gasteiger charge is 2.44. The van der Waals surface area contributed by atoms with Gasteiger partial charge in [-0.25, -0.2) is 0 Å². The van der Waals surface area contributed by atoms with Gasteiger partial charge < -0.3 is 4.90 Å². The number of nitrogens with zero attached hydrogens (tertiary/aromatic N) is 1. The second-order valence-corrected chi connectivity index (χ2v) is 19.7. The summed E-state index contributed by atoms with van der Waals surface area (Å²) in [6.45, 7) is 14.4. The first-order chi connectivity index (χ1) is 31.0. The molecule has 0 atom stereocenters. The molecule has 1 heteroatoms. The minimum absolute atomic E-state index is 0.0502. The smallest absolute Gasteiger partial charge is 0.0468 e. The van der Waals surface area contributed by atoms with Gasteiger partial charge in [-0.3, -0.25) is 0 Å². The fraction of sp³-hybridized carbons (Fsp3) is 0.143. The fourth-order valence-corrected chi connectivity index (χ4v) is 11.6. The largest absolute Gasteiger partial charge is 0.310 e. The third-order valence-corrected chi connectivity index (χ3v) is 15.1. The molecule has 308 valence electrons. The maximum atomic E-state index is 2.56. The van der Waals surface area contributed by atoms with Gasteiger partial charge in [-0.15, -0.1) is 0 Å². The van der Waals surface area contributed by atoms with Gasteiger partial charge in [0, 0.05) is 33.3 Å². The average Bonchev–Trinajstić information content (AvgIpc) is 3.81. The number of rotatable bonds is 6. The maximum Gasteiger partial charge on any atom is 0.0468 e. The predicted octanol–water partition coefficient (Wildman–Crippen LogP) is 17.1. The van der Waals surface area contributed by atoms with Gasteiger partial charge in [0.2, 0.25) is 0 Å². The monoisotopic (exact) mass is 821 g/mol. The van der Waals surface area contributed by atoms with Gasteiger partial charge in [0.05, 0.1) is 0 Å². The normalized spacial score (nSPS) is 15.1. The topological polar surface area (TPSA) is 3.24 Å². The van der Waals surface area contributed by atoms with Crippen LogP contribution >= 0.6 is 0 Å². The van der Waals surface area contributed by atoms with Crippen molar-refractivity contribution < 1.29 is 0 Å². The quantitative estimate of drug-likeness (QED) is 0.161. The van der Waals surface area contributed by atoms with E-state index in [-0.39, 0.29) is 16.2 Å². The Morgan fingerprint density at radius 2 is 0.672 bits per heavy atom. The van der Waals surface area contributed by atoms with Gasteiger partial charge >= 0.3 is 0 Å². The Morgan fingerprint density at radius 3 is 1.30 bits per heavy atom. The lowest BCUT2D eigenvalue weighted by atomic mass is 9.76. The van der Waals surface area contributed by atoms with E-state index in [1.165, 1.54) is 100 Å². The van der Waals surface area contributed by atoms with E-state index >= 15 is 0 Å². The summed E-state index contributed by atoms with van der Waals surface area (Å²) in [6.07, 6.45) is 0. The van der Waals surface area contributed by atoms with Gasteiger partial charge in [0.1, 0.15) is 0 Å². The van der Waals surface area contributed by atoms with Crippen molar-refractivity contribution in [1.29, 1.82) is 0 Å². The van der Waals surface area contributed by atoms with Gasteiger partial charge in [-0.1, -0.05) is 199 Å². The third-order valence-electron chi connectivity index (χ3n) is 15.1. The van der Waals surface area contributed by atoms with Crippen molar-refractivity contribution in [3.05, 3.63) is 234 Å². The SMILES string of the molecule is CC1(C)c2ccccc2-c2ccc(-c3ccc(N(c4ccc(-c5ccccc5)cc4)c4ccc5c(c4)-c4c(cc6c(c4-c4ccccc4)-c4ccccc4C6(C)C)C5(C)C)cc3)cc21. The summed E-state index contributed by atoms with van der Waals surface area (Å²) < 4.78 is 0. The molecular formula is C63H51N. The molecule has 0 fully saturated rings. The summed E-state index contributed by atoms with van der Waals surface area (Å²) in [5.74, 6) is 0. The standard InChI is InChI=1S/C63H51N/c1-61(2)52-23-15-13-21-48(52)49-35-29-44(37-55(49)61)42-27-32-46(33-28-42)64(45-30-25-41(26-31-45)40-17-9-7-10-18-40)47-34-36-54-51(38-47)60-57(63(54,5)6)39-56-59(58(60)43-19-11-8-12-20-43)50-22-14-16-24-53(50)62(56,3)4/h7-39H,1-6H3. The summed E-state index contributed by atoms with van der Waals surface area (Å²) in [5.41, 5.74) is 27.0. The number of hydrogen-bond acceptors (Lipinski definition) is 1. The molecule has 0 spiro atoms. The molecule has 0 unspecified atom stereocenters. The van der Waals surface area contributed by atoms with Gasteiger partial charge in [0.15, 0.2) is 0 Å². The van der Waals surface area contributed by atoms with Crippen LogP contribution in [0.25, 0.3) is 66.8 Å². The van der Waals surface area contributed by atoms with Crippen molar-refractivity contribution in [2.45, 2.75) is 57.8 Å². The summed E-state index contributed by atoms with van der Waals surface area (Å²) in [5, 5.41) is 0. The highest BCUT2D eigenvalue weighted by Crippen LogP contribution is 2.61. The lowest BCUT2D eigenvalue weighted by molar-refractivity contribution is 0.639. The summed E-state index contributed by atoms with van der Waals surface area (Å²) in [7, 11) is 0. The zero-order chi connectivity index (χ0) is 43.5. The molecular weight excluding hydrogens is 771 g/mol. The van der Waals surface area contributed by atoms with Gasteiger partial charge in [-0.2, -0.15) is 0 Å². The molecule has 0 radical (unpaired) electrons. The third kappa shape index (κ3) is 5.56. The second-order valence-electron chi connectivity index (χ2n) is 19.7. The van der Waals surface area contributed by atoms with Crippen LogP contribution in [0, 0.1) is 0 Å². The molecule has 0 saturated carbocycles. The molecule has 3 aliphatic rings. The van der Waals surface area contributed by atoms with Crippen LogP contribution in [0.4, 0.5) is 17.1 Å². The maximum absolute atomic E-state index is 2.56. The first kappa shape index (κ1) is 38.5. The van der Waals surface area contributed by atoms with Crippen LogP contribution < -0.4 is 4.90 Å². The molecule has 0 heterocycles. The molecule has 0 bridgehead atoms. The number of hydrogen-bond donors (Lipinski definition) is 0. The van der Waals surface area contributed by atoms with Gasteiger partial charge in [-0.05, 0) is 143 Å². The molecule has 0 N–H and O–H groups in total. The van der Waals surface area contributed by atoms with Crippen molar-refractivity contribution in [2.75, 3.05) is 4.90 Å². The van der Waals surface area contributed by atoms with E-state index < -0.39 is 0 Å². The Balaban J connectivity index is 1.03. The number of anilines is 3. The van der Waals surface area contributed by atoms with Crippen LogP contribution in [0.15, 0.2) is 200 Å². The summed E-state index contributed by atoms with van der Waals surface area (Å²) in [4.78, 5) is 2.44. The van der Waals surface area contributed by atoms with Crippen molar-refractivity contribution in [2.24, 2.45) is 0 Å². The van der Waals surface area contributed by atoms with Crippen molar-refractivity contribution in [3.63, 3.8) is 0 Å². The molecule has 0 amide bonds. The Bertz CT molecular complexity index is 3310. The van der Waals surface area contributed by atoms with Crippen LogP contribution in [0.1, 0.15) is 74.9 Å². The molecule has 9 aromatic carbocycles. The van der Waals surface area contributed by atoms with Gasteiger partial charge in [0.25, 0.3) is 0 Å². The zero-order valence-corrected chi connectivity index (χ0v) is 37.5. The summed E-state index contributed by atoms with van der Waals surface area (Å²) >= 11 is 0. The van der Waals surface area contributed by atoms with E-state index in [2.05, 4.69) is 247 Å². The number of fused-ring (bicyclic) bond motifs is 9. The van der Waals surface area contributed by atoms with E-state index in [0.29, 0.717) is 0 Å². The van der Waals surface area contributed by atoms with E-state index in [1.807, 2.05) is 0 Å². The van der Waals surface area contributed by atoms with E-state index in [4.69, 9.17) is 0 Å². The Labute approximate surface area is 378 Å². The molecule has 12 rings (SSSR count). The van der Waals surface area contributed by atoms with Crippen molar-refractivity contribution >= 4 is 17.1 Å². The minimum atomic E-state index is -0.192. The molecule has 0 saturated heterocycles. The second kappa shape index (κ2) is 13.9. The van der Waals surface area contributed by atoms with Crippen molar-refractivity contribution in [1.82, 2.24) is 0 Å². The number of benzene rings is 9. The highest BCUT2D eigenvalue weighted by molar-refractivity contribution is 6.05.